The standard InChI is InChI=1S/C19H21N5O3S2/c1-12-17(13(2)24(23-12)15-8-9-29(26,27)11-15)18(25)20-19-22-21-16(28-19)10-14-6-4-3-5-7-14/h3-7,15H,8-11H2,1-2H3,(H,20,22,25)/t15-/m1/s1. The summed E-state index contributed by atoms with van der Waals surface area (Å²) in [6.45, 7) is 3.55. The molecule has 2 aromatic heterocycles. The fraction of sp³-hybridized carbons (Fsp3) is 0.368. The number of rotatable bonds is 5. The third-order valence-corrected chi connectivity index (χ3v) is 7.58. The maximum absolute atomic E-state index is 12.8. The van der Waals surface area contributed by atoms with Crippen LogP contribution in [-0.4, -0.2) is 45.8 Å². The zero-order valence-corrected chi connectivity index (χ0v) is 17.8. The highest BCUT2D eigenvalue weighted by molar-refractivity contribution is 7.91. The molecule has 8 nitrogen and oxygen atoms in total. The molecule has 3 aromatic rings. The molecule has 3 heterocycles. The monoisotopic (exact) mass is 431 g/mol. The van der Waals surface area contributed by atoms with E-state index in [1.165, 1.54) is 11.3 Å². The Balaban J connectivity index is 1.49. The van der Waals surface area contributed by atoms with Crippen LogP contribution in [0.25, 0.3) is 0 Å². The van der Waals surface area contributed by atoms with Crippen LogP contribution >= 0.6 is 11.3 Å². The molecule has 1 saturated heterocycles. The molecule has 10 heteroatoms. The Hall–Kier alpha value is -2.59. The zero-order chi connectivity index (χ0) is 20.6. The van der Waals surface area contributed by atoms with Gasteiger partial charge in [0.05, 0.1) is 28.8 Å². The lowest BCUT2D eigenvalue weighted by molar-refractivity contribution is 0.102. The lowest BCUT2D eigenvalue weighted by Gasteiger charge is -2.11. The number of hydrogen-bond acceptors (Lipinski definition) is 7. The van der Waals surface area contributed by atoms with E-state index in [2.05, 4.69) is 20.6 Å². The summed E-state index contributed by atoms with van der Waals surface area (Å²) < 4.78 is 25.3. The first-order chi connectivity index (χ1) is 13.8. The number of nitrogens with one attached hydrogen (secondary N) is 1. The lowest BCUT2D eigenvalue weighted by Crippen LogP contribution is -2.16. The van der Waals surface area contributed by atoms with Gasteiger partial charge in [-0.2, -0.15) is 5.10 Å². The average molecular weight is 432 g/mol. The Morgan fingerprint density at radius 1 is 1.24 bits per heavy atom. The van der Waals surface area contributed by atoms with Crippen LogP contribution in [0.2, 0.25) is 0 Å². The first kappa shape index (κ1) is 19.7. The highest BCUT2D eigenvalue weighted by atomic mass is 32.2. The van der Waals surface area contributed by atoms with E-state index < -0.39 is 9.84 Å². The number of nitrogens with zero attached hydrogens (tertiary/aromatic N) is 4. The summed E-state index contributed by atoms with van der Waals surface area (Å²) in [6.07, 6.45) is 1.17. The molecule has 0 saturated carbocycles. The molecule has 0 radical (unpaired) electrons. The number of aromatic nitrogens is 4. The van der Waals surface area contributed by atoms with E-state index in [4.69, 9.17) is 0 Å². The molecule has 29 heavy (non-hydrogen) atoms. The summed E-state index contributed by atoms with van der Waals surface area (Å²) in [7, 11) is -3.03. The van der Waals surface area contributed by atoms with Crippen molar-refractivity contribution in [1.82, 2.24) is 20.0 Å². The smallest absolute Gasteiger partial charge is 0.261 e. The second kappa shape index (κ2) is 7.68. The van der Waals surface area contributed by atoms with Gasteiger partial charge in [-0.05, 0) is 25.8 Å². The molecule has 0 bridgehead atoms. The average Bonchev–Trinajstić information content (AvgIpc) is 3.33. The van der Waals surface area contributed by atoms with Gasteiger partial charge in [0.1, 0.15) is 5.01 Å². The summed E-state index contributed by atoms with van der Waals surface area (Å²) in [4.78, 5) is 12.8. The Morgan fingerprint density at radius 2 is 2.00 bits per heavy atom. The molecule has 4 rings (SSSR count). The van der Waals surface area contributed by atoms with Gasteiger partial charge in [-0.25, -0.2) is 8.42 Å². The SMILES string of the molecule is Cc1nn([C@@H]2CCS(=O)(=O)C2)c(C)c1C(=O)Nc1nnc(Cc2ccccc2)s1. The van der Waals surface area contributed by atoms with E-state index >= 15 is 0 Å². The van der Waals surface area contributed by atoms with Crippen LogP contribution in [0.4, 0.5) is 5.13 Å². The van der Waals surface area contributed by atoms with E-state index in [1.54, 1.807) is 18.5 Å². The first-order valence-corrected chi connectivity index (χ1v) is 11.9. The molecule has 1 aliphatic heterocycles. The highest BCUT2D eigenvalue weighted by Gasteiger charge is 2.32. The van der Waals surface area contributed by atoms with Crippen molar-refractivity contribution in [3.63, 3.8) is 0 Å². The van der Waals surface area contributed by atoms with Gasteiger partial charge in [-0.1, -0.05) is 41.7 Å². The molecular weight excluding hydrogens is 410 g/mol. The molecule has 152 valence electrons. The number of amides is 1. The normalized spacial score (nSPS) is 18.1. The minimum absolute atomic E-state index is 0.0647. The van der Waals surface area contributed by atoms with Gasteiger partial charge in [0.25, 0.3) is 5.91 Å². The Bertz CT molecular complexity index is 1150. The second-order valence-electron chi connectivity index (χ2n) is 7.16. The van der Waals surface area contributed by atoms with E-state index in [0.717, 1.165) is 10.6 Å². The highest BCUT2D eigenvalue weighted by Crippen LogP contribution is 2.27. The predicted molar refractivity (Wildman–Crippen MR) is 111 cm³/mol. The molecule has 1 aromatic carbocycles. The van der Waals surface area contributed by atoms with E-state index in [-0.39, 0.29) is 23.5 Å². The van der Waals surface area contributed by atoms with Gasteiger partial charge in [-0.3, -0.25) is 14.8 Å². The van der Waals surface area contributed by atoms with Crippen molar-refractivity contribution in [1.29, 1.82) is 0 Å². The molecular formula is C19H21N5O3S2. The molecule has 1 fully saturated rings. The molecule has 0 aliphatic carbocycles. The van der Waals surface area contributed by atoms with E-state index in [0.29, 0.717) is 34.9 Å². The molecule has 1 amide bonds. The predicted octanol–water partition coefficient (Wildman–Crippen LogP) is 2.55. The van der Waals surface area contributed by atoms with Crippen molar-refractivity contribution in [3.05, 3.63) is 57.9 Å². The van der Waals surface area contributed by atoms with Gasteiger partial charge in [0.2, 0.25) is 5.13 Å². The Morgan fingerprint density at radius 3 is 2.69 bits per heavy atom. The third kappa shape index (κ3) is 4.23. The van der Waals surface area contributed by atoms with Crippen molar-refractivity contribution in [2.45, 2.75) is 32.7 Å². The van der Waals surface area contributed by atoms with Crippen molar-refractivity contribution < 1.29 is 13.2 Å². The number of hydrogen-bond donors (Lipinski definition) is 1. The quantitative estimate of drug-likeness (QED) is 0.665. The molecule has 0 spiro atoms. The van der Waals surface area contributed by atoms with E-state index in [1.807, 2.05) is 30.3 Å². The Kier molecular flexibility index (Phi) is 5.22. The van der Waals surface area contributed by atoms with Crippen LogP contribution < -0.4 is 5.32 Å². The largest absolute Gasteiger partial charge is 0.296 e. The molecule has 1 N–H and O–H groups in total. The van der Waals surface area contributed by atoms with Crippen molar-refractivity contribution in [2.75, 3.05) is 16.8 Å². The van der Waals surface area contributed by atoms with Gasteiger partial charge in [0, 0.05) is 12.1 Å². The lowest BCUT2D eigenvalue weighted by atomic mass is 10.1. The fourth-order valence-corrected chi connectivity index (χ4v) is 6.08. The first-order valence-electron chi connectivity index (χ1n) is 9.26. The number of anilines is 1. The fourth-order valence-electron chi connectivity index (χ4n) is 3.62. The van der Waals surface area contributed by atoms with Gasteiger partial charge in [-0.15, -0.1) is 10.2 Å². The van der Waals surface area contributed by atoms with Crippen LogP contribution in [0.5, 0.6) is 0 Å². The zero-order valence-electron chi connectivity index (χ0n) is 16.1. The van der Waals surface area contributed by atoms with Crippen LogP contribution in [0.3, 0.4) is 0 Å². The summed E-state index contributed by atoms with van der Waals surface area (Å²) in [6, 6.07) is 9.71. The summed E-state index contributed by atoms with van der Waals surface area (Å²) in [5.74, 6) is -0.0866. The van der Waals surface area contributed by atoms with E-state index in [9.17, 15) is 13.2 Å². The van der Waals surface area contributed by atoms with Crippen LogP contribution in [0, 0.1) is 13.8 Å². The molecule has 1 aliphatic rings. The van der Waals surface area contributed by atoms with Crippen molar-refractivity contribution in [3.8, 4) is 0 Å². The summed E-state index contributed by atoms with van der Waals surface area (Å²) >= 11 is 1.33. The number of aryl methyl sites for hydroxylation is 1. The van der Waals surface area contributed by atoms with Crippen molar-refractivity contribution >= 4 is 32.2 Å². The third-order valence-electron chi connectivity index (χ3n) is 4.99. The number of carbonyl (C=O) groups excluding carboxylic acids is 1. The Labute approximate surface area is 172 Å². The second-order valence-corrected chi connectivity index (χ2v) is 10.5. The summed E-state index contributed by atoms with van der Waals surface area (Å²) in [5.41, 5.74) is 2.81. The minimum Gasteiger partial charge on any atom is -0.296 e. The minimum atomic E-state index is -3.03. The topological polar surface area (TPSA) is 107 Å². The number of sulfone groups is 1. The summed E-state index contributed by atoms with van der Waals surface area (Å²) in [5, 5.41) is 16.7. The van der Waals surface area contributed by atoms with Gasteiger partial charge >= 0.3 is 0 Å². The van der Waals surface area contributed by atoms with Gasteiger partial charge in [0.15, 0.2) is 9.84 Å². The van der Waals surface area contributed by atoms with Crippen LogP contribution in [-0.2, 0) is 16.3 Å². The maximum Gasteiger partial charge on any atom is 0.261 e. The molecule has 1 atom stereocenters. The van der Waals surface area contributed by atoms with Crippen LogP contribution in [0.1, 0.15) is 44.8 Å². The number of carbonyl (C=O) groups is 1. The van der Waals surface area contributed by atoms with Gasteiger partial charge < -0.3 is 0 Å². The molecule has 0 unspecified atom stereocenters. The number of benzene rings is 1. The van der Waals surface area contributed by atoms with Crippen molar-refractivity contribution in [2.24, 2.45) is 0 Å². The maximum atomic E-state index is 12.8. The van der Waals surface area contributed by atoms with Crippen LogP contribution in [0.15, 0.2) is 30.3 Å².